The molecule has 1 aromatic rings. The topological polar surface area (TPSA) is 84.7 Å². The van der Waals surface area contributed by atoms with Gasteiger partial charge in [-0.2, -0.15) is 0 Å². The molecule has 7 heteroatoms. The maximum absolute atomic E-state index is 12.0. The number of nitrogens with two attached hydrogens (primary N) is 1. The molecule has 6 nitrogen and oxygen atoms in total. The first kappa shape index (κ1) is 20.3. The van der Waals surface area contributed by atoms with Crippen molar-refractivity contribution in [3.05, 3.63) is 29.3 Å². The minimum atomic E-state index is -0.313. The summed E-state index contributed by atoms with van der Waals surface area (Å²) in [5, 5.41) is 2.51. The van der Waals surface area contributed by atoms with Crippen LogP contribution in [0.5, 0.6) is 5.75 Å². The molecular formula is C17H26ClN3O3. The van der Waals surface area contributed by atoms with E-state index in [0.717, 1.165) is 24.2 Å². The van der Waals surface area contributed by atoms with Crippen molar-refractivity contribution in [2.24, 2.45) is 5.73 Å². The number of carbonyl (C=O) groups is 2. The summed E-state index contributed by atoms with van der Waals surface area (Å²) in [5.74, 6) is 0.536. The minimum Gasteiger partial charge on any atom is -0.490 e. The molecule has 0 spiro atoms. The Hall–Kier alpha value is -1.79. The van der Waals surface area contributed by atoms with E-state index in [1.165, 1.54) is 5.56 Å². The Morgan fingerprint density at radius 3 is 2.58 bits per heavy atom. The highest BCUT2D eigenvalue weighted by atomic mass is 35.5. The predicted octanol–water partition coefficient (Wildman–Crippen LogP) is 1.17. The van der Waals surface area contributed by atoms with E-state index in [0.29, 0.717) is 13.1 Å². The van der Waals surface area contributed by atoms with E-state index >= 15 is 0 Å². The van der Waals surface area contributed by atoms with Crippen molar-refractivity contribution < 1.29 is 14.3 Å². The van der Waals surface area contributed by atoms with Gasteiger partial charge < -0.3 is 20.7 Å². The van der Waals surface area contributed by atoms with Gasteiger partial charge in [-0.1, -0.05) is 12.1 Å². The maximum Gasteiger partial charge on any atom is 0.241 e. The van der Waals surface area contributed by atoms with Crippen LogP contribution < -0.4 is 15.8 Å². The van der Waals surface area contributed by atoms with E-state index in [2.05, 4.69) is 23.5 Å². The number of benzene rings is 1. The third-order valence-electron chi connectivity index (χ3n) is 4.05. The van der Waals surface area contributed by atoms with Gasteiger partial charge in [0.05, 0.1) is 13.1 Å². The molecule has 1 aliphatic rings. The van der Waals surface area contributed by atoms with Gasteiger partial charge in [-0.15, -0.1) is 12.4 Å². The molecule has 1 aliphatic heterocycles. The Bertz CT molecular complexity index is 572. The number of aryl methyl sites for hydroxylation is 2. The number of amides is 2. The lowest BCUT2D eigenvalue weighted by Crippen LogP contribution is -2.46. The predicted molar refractivity (Wildman–Crippen MR) is 95.5 cm³/mol. The van der Waals surface area contributed by atoms with Gasteiger partial charge in [0.1, 0.15) is 11.9 Å². The molecule has 1 aromatic carbocycles. The Labute approximate surface area is 149 Å². The lowest BCUT2D eigenvalue weighted by molar-refractivity contribution is -0.134. The summed E-state index contributed by atoms with van der Waals surface area (Å²) < 4.78 is 6.09. The fraction of sp³-hybridized carbons (Fsp3) is 0.529. The van der Waals surface area contributed by atoms with E-state index < -0.39 is 0 Å². The standard InChI is InChI=1S/C17H25N3O3.ClH/c1-12-3-4-13(2)15(9-12)23-14-5-7-20(8-6-14)17(22)11-19-16(21)10-18;/h3-4,9,14H,5-8,10-11,18H2,1-2H3,(H,19,21);1H. The molecule has 0 saturated carbocycles. The minimum absolute atomic E-state index is 0. The zero-order valence-electron chi connectivity index (χ0n) is 14.2. The monoisotopic (exact) mass is 355 g/mol. The fourth-order valence-corrected chi connectivity index (χ4v) is 2.60. The molecule has 0 bridgehead atoms. The lowest BCUT2D eigenvalue weighted by Gasteiger charge is -2.32. The molecule has 0 atom stereocenters. The molecule has 24 heavy (non-hydrogen) atoms. The van der Waals surface area contributed by atoms with E-state index in [1.807, 2.05) is 13.8 Å². The highest BCUT2D eigenvalue weighted by molar-refractivity contribution is 5.85. The van der Waals surface area contributed by atoms with Crippen molar-refractivity contribution in [1.29, 1.82) is 0 Å². The molecule has 3 N–H and O–H groups in total. The first-order chi connectivity index (χ1) is 11.0. The SMILES string of the molecule is Cc1ccc(C)c(OC2CCN(C(=O)CNC(=O)CN)CC2)c1.Cl. The summed E-state index contributed by atoms with van der Waals surface area (Å²) in [4.78, 5) is 24.9. The van der Waals surface area contributed by atoms with Crippen molar-refractivity contribution in [2.75, 3.05) is 26.2 Å². The number of carbonyl (C=O) groups excluding carboxylic acids is 2. The van der Waals surface area contributed by atoms with Crippen LogP contribution in [-0.2, 0) is 9.59 Å². The van der Waals surface area contributed by atoms with E-state index in [4.69, 9.17) is 10.5 Å². The smallest absolute Gasteiger partial charge is 0.241 e. The average molecular weight is 356 g/mol. The Kier molecular flexibility index (Phi) is 8.01. The Morgan fingerprint density at radius 2 is 1.96 bits per heavy atom. The van der Waals surface area contributed by atoms with Crippen molar-refractivity contribution in [3.8, 4) is 5.75 Å². The van der Waals surface area contributed by atoms with Crippen LogP contribution in [0.1, 0.15) is 24.0 Å². The summed E-state index contributed by atoms with van der Waals surface area (Å²) in [6.07, 6.45) is 1.71. The molecule has 2 amide bonds. The molecular weight excluding hydrogens is 330 g/mol. The van der Waals surface area contributed by atoms with Crippen LogP contribution in [-0.4, -0.2) is 49.0 Å². The van der Waals surface area contributed by atoms with Gasteiger partial charge in [-0.3, -0.25) is 9.59 Å². The third kappa shape index (κ3) is 5.69. The molecule has 0 unspecified atom stereocenters. The molecule has 1 saturated heterocycles. The zero-order valence-corrected chi connectivity index (χ0v) is 15.0. The first-order valence-electron chi connectivity index (χ1n) is 7.98. The van der Waals surface area contributed by atoms with Crippen LogP contribution in [0.25, 0.3) is 0 Å². The van der Waals surface area contributed by atoms with Gasteiger partial charge in [0.25, 0.3) is 0 Å². The van der Waals surface area contributed by atoms with Crippen LogP contribution in [0.2, 0.25) is 0 Å². The number of nitrogens with zero attached hydrogens (tertiary/aromatic N) is 1. The van der Waals surface area contributed by atoms with E-state index in [9.17, 15) is 9.59 Å². The van der Waals surface area contributed by atoms with Crippen LogP contribution in [0.3, 0.4) is 0 Å². The van der Waals surface area contributed by atoms with Crippen molar-refractivity contribution >= 4 is 24.2 Å². The number of rotatable bonds is 5. The summed E-state index contributed by atoms with van der Waals surface area (Å²) in [6, 6.07) is 6.18. The second-order valence-corrected chi connectivity index (χ2v) is 5.95. The summed E-state index contributed by atoms with van der Waals surface area (Å²) in [7, 11) is 0. The van der Waals surface area contributed by atoms with Crippen LogP contribution in [0.4, 0.5) is 0 Å². The second-order valence-electron chi connectivity index (χ2n) is 5.95. The van der Waals surface area contributed by atoms with Gasteiger partial charge in [-0.05, 0) is 31.0 Å². The number of likely N-dealkylation sites (tertiary alicyclic amines) is 1. The average Bonchev–Trinajstić information content (AvgIpc) is 2.56. The largest absolute Gasteiger partial charge is 0.490 e. The number of hydrogen-bond acceptors (Lipinski definition) is 4. The number of nitrogens with one attached hydrogen (secondary N) is 1. The molecule has 2 rings (SSSR count). The maximum atomic E-state index is 12.0. The quantitative estimate of drug-likeness (QED) is 0.830. The van der Waals surface area contributed by atoms with Gasteiger partial charge in [0, 0.05) is 25.9 Å². The van der Waals surface area contributed by atoms with Gasteiger partial charge in [0.15, 0.2) is 0 Å². The number of halogens is 1. The number of ether oxygens (including phenoxy) is 1. The van der Waals surface area contributed by atoms with E-state index in [-0.39, 0.29) is 43.4 Å². The first-order valence-corrected chi connectivity index (χ1v) is 7.98. The lowest BCUT2D eigenvalue weighted by atomic mass is 10.1. The summed E-state index contributed by atoms with van der Waals surface area (Å²) >= 11 is 0. The normalized spacial score (nSPS) is 14.7. The zero-order chi connectivity index (χ0) is 16.8. The molecule has 0 radical (unpaired) electrons. The van der Waals surface area contributed by atoms with Gasteiger partial charge in [0.2, 0.25) is 11.8 Å². The van der Waals surface area contributed by atoms with E-state index in [1.54, 1.807) is 4.90 Å². The van der Waals surface area contributed by atoms with Crippen LogP contribution in [0.15, 0.2) is 18.2 Å². The van der Waals surface area contributed by atoms with Crippen LogP contribution in [0, 0.1) is 13.8 Å². The highest BCUT2D eigenvalue weighted by Gasteiger charge is 2.24. The number of piperidine rings is 1. The molecule has 0 aromatic heterocycles. The molecule has 0 aliphatic carbocycles. The molecule has 1 heterocycles. The van der Waals surface area contributed by atoms with Gasteiger partial charge >= 0.3 is 0 Å². The van der Waals surface area contributed by atoms with Gasteiger partial charge in [-0.25, -0.2) is 0 Å². The Balaban J connectivity index is 0.00000288. The Morgan fingerprint density at radius 1 is 1.29 bits per heavy atom. The van der Waals surface area contributed by atoms with Crippen molar-refractivity contribution in [3.63, 3.8) is 0 Å². The van der Waals surface area contributed by atoms with Crippen LogP contribution >= 0.6 is 12.4 Å². The second kappa shape index (κ2) is 9.49. The highest BCUT2D eigenvalue weighted by Crippen LogP contribution is 2.23. The summed E-state index contributed by atoms with van der Waals surface area (Å²) in [6.45, 7) is 5.29. The summed E-state index contributed by atoms with van der Waals surface area (Å²) in [5.41, 5.74) is 7.50. The third-order valence-corrected chi connectivity index (χ3v) is 4.05. The fourth-order valence-electron chi connectivity index (χ4n) is 2.60. The van der Waals surface area contributed by atoms with Crippen molar-refractivity contribution in [2.45, 2.75) is 32.8 Å². The van der Waals surface area contributed by atoms with Crippen molar-refractivity contribution in [1.82, 2.24) is 10.2 Å². The number of hydrogen-bond donors (Lipinski definition) is 2. The molecule has 134 valence electrons. The molecule has 1 fully saturated rings.